The van der Waals surface area contributed by atoms with E-state index < -0.39 is 0 Å². The lowest BCUT2D eigenvalue weighted by molar-refractivity contribution is -0.120. The Hall–Kier alpha value is -1.36. The highest BCUT2D eigenvalue weighted by Crippen LogP contribution is 2.17. The van der Waals surface area contributed by atoms with Crippen LogP contribution in [0.1, 0.15) is 31.4 Å². The van der Waals surface area contributed by atoms with Crippen molar-refractivity contribution in [3.63, 3.8) is 0 Å². The van der Waals surface area contributed by atoms with Gasteiger partial charge in [0.1, 0.15) is 0 Å². The average molecular weight is 236 g/mol. The number of nitrogens with one attached hydrogen (secondary N) is 2. The zero-order chi connectivity index (χ0) is 12.1. The van der Waals surface area contributed by atoms with E-state index >= 15 is 0 Å². The molecule has 1 saturated carbocycles. The van der Waals surface area contributed by atoms with Gasteiger partial charge in [0.25, 0.3) is 0 Å². The molecule has 0 spiro atoms. The van der Waals surface area contributed by atoms with Crippen molar-refractivity contribution in [1.82, 2.24) is 20.4 Å². The molecule has 0 atom stereocenters. The first-order chi connectivity index (χ1) is 8.24. The molecule has 0 bridgehead atoms. The third-order valence-corrected chi connectivity index (χ3v) is 3.08. The van der Waals surface area contributed by atoms with Crippen LogP contribution in [0.15, 0.2) is 12.3 Å². The Kier molecular flexibility index (Phi) is 4.14. The van der Waals surface area contributed by atoms with Gasteiger partial charge in [0.2, 0.25) is 5.91 Å². The van der Waals surface area contributed by atoms with E-state index in [4.69, 9.17) is 0 Å². The maximum absolute atomic E-state index is 11.6. The minimum atomic E-state index is 0.0906. The van der Waals surface area contributed by atoms with Gasteiger partial charge < -0.3 is 10.6 Å². The van der Waals surface area contributed by atoms with Crippen molar-refractivity contribution in [2.75, 3.05) is 6.54 Å². The zero-order valence-electron chi connectivity index (χ0n) is 10.3. The Morgan fingerprint density at radius 3 is 2.94 bits per heavy atom. The molecular weight excluding hydrogens is 216 g/mol. The van der Waals surface area contributed by atoms with Crippen molar-refractivity contribution in [1.29, 1.82) is 0 Å². The number of nitrogens with zero attached hydrogens (tertiary/aromatic N) is 2. The number of hydrogen-bond donors (Lipinski definition) is 2. The van der Waals surface area contributed by atoms with Crippen LogP contribution in [0.4, 0.5) is 0 Å². The molecule has 2 rings (SSSR count). The molecule has 1 amide bonds. The molecule has 2 N–H and O–H groups in total. The summed E-state index contributed by atoms with van der Waals surface area (Å²) >= 11 is 0. The summed E-state index contributed by atoms with van der Waals surface area (Å²) in [6.07, 6.45) is 6.65. The van der Waals surface area contributed by atoms with Crippen molar-refractivity contribution in [3.8, 4) is 0 Å². The second-order valence-corrected chi connectivity index (χ2v) is 4.63. The molecule has 1 heterocycles. The summed E-state index contributed by atoms with van der Waals surface area (Å²) in [4.78, 5) is 11.6. The second-order valence-electron chi connectivity index (χ2n) is 4.63. The van der Waals surface area contributed by atoms with E-state index in [1.54, 1.807) is 4.68 Å². The van der Waals surface area contributed by atoms with Crippen LogP contribution in [0, 0.1) is 0 Å². The fourth-order valence-electron chi connectivity index (χ4n) is 2.21. The van der Waals surface area contributed by atoms with Crippen LogP contribution in [0.25, 0.3) is 0 Å². The first-order valence-corrected chi connectivity index (χ1v) is 6.22. The van der Waals surface area contributed by atoms with Gasteiger partial charge in [-0.1, -0.05) is 12.8 Å². The third kappa shape index (κ3) is 3.85. The molecule has 94 valence electrons. The quantitative estimate of drug-likeness (QED) is 0.785. The van der Waals surface area contributed by atoms with Gasteiger partial charge in [0.05, 0.1) is 12.2 Å². The Labute approximate surface area is 102 Å². The van der Waals surface area contributed by atoms with Crippen molar-refractivity contribution in [2.45, 2.75) is 38.3 Å². The number of hydrogen-bond acceptors (Lipinski definition) is 3. The Bertz CT molecular complexity index is 368. The summed E-state index contributed by atoms with van der Waals surface area (Å²) < 4.78 is 1.76. The summed E-state index contributed by atoms with van der Waals surface area (Å²) in [5.74, 6) is 0.0906. The highest BCUT2D eigenvalue weighted by molar-refractivity contribution is 5.78. The van der Waals surface area contributed by atoms with Crippen LogP contribution in [-0.2, 0) is 18.4 Å². The highest BCUT2D eigenvalue weighted by atomic mass is 16.1. The number of rotatable bonds is 5. The lowest BCUT2D eigenvalue weighted by Crippen LogP contribution is -2.39. The fraction of sp³-hybridized carbons (Fsp3) is 0.667. The third-order valence-electron chi connectivity index (χ3n) is 3.08. The summed E-state index contributed by atoms with van der Waals surface area (Å²) in [7, 11) is 1.89. The molecule has 1 aliphatic rings. The highest BCUT2D eigenvalue weighted by Gasteiger charge is 2.16. The van der Waals surface area contributed by atoms with E-state index in [1.807, 2.05) is 19.3 Å². The van der Waals surface area contributed by atoms with Gasteiger partial charge in [-0.3, -0.25) is 9.48 Å². The second kappa shape index (κ2) is 5.82. The van der Waals surface area contributed by atoms with Crippen LogP contribution < -0.4 is 10.6 Å². The number of carbonyl (C=O) groups excluding carboxylic acids is 1. The van der Waals surface area contributed by atoms with Crippen molar-refractivity contribution in [2.24, 2.45) is 7.05 Å². The van der Waals surface area contributed by atoms with Crippen molar-refractivity contribution < 1.29 is 4.79 Å². The predicted molar refractivity (Wildman–Crippen MR) is 65.3 cm³/mol. The number of carbonyl (C=O) groups is 1. The predicted octanol–water partition coefficient (Wildman–Crippen LogP) is 0.568. The normalized spacial score (nSPS) is 16.3. The standard InChI is InChI=1S/C12H20N4O/c1-16-7-6-11(15-16)8-13-9-12(17)14-10-4-2-3-5-10/h6-7,10,13H,2-5,8-9H2,1H3,(H,14,17). The molecule has 1 aromatic rings. The minimum Gasteiger partial charge on any atom is -0.352 e. The Balaban J connectivity index is 1.62. The number of aryl methyl sites for hydroxylation is 1. The molecule has 0 saturated heterocycles. The Morgan fingerprint density at radius 2 is 2.29 bits per heavy atom. The van der Waals surface area contributed by atoms with Gasteiger partial charge in [0.15, 0.2) is 0 Å². The van der Waals surface area contributed by atoms with Crippen molar-refractivity contribution >= 4 is 5.91 Å². The van der Waals surface area contributed by atoms with Gasteiger partial charge in [-0.05, 0) is 18.9 Å². The topological polar surface area (TPSA) is 59.0 Å². The van der Waals surface area contributed by atoms with Gasteiger partial charge in [-0.25, -0.2) is 0 Å². The van der Waals surface area contributed by atoms with Crippen LogP contribution in [0.5, 0.6) is 0 Å². The number of aromatic nitrogens is 2. The van der Waals surface area contributed by atoms with E-state index in [1.165, 1.54) is 12.8 Å². The lowest BCUT2D eigenvalue weighted by atomic mass is 10.2. The molecule has 1 aliphatic carbocycles. The molecule has 0 aliphatic heterocycles. The molecule has 5 heteroatoms. The summed E-state index contributed by atoms with van der Waals surface area (Å²) in [5, 5.41) is 10.4. The largest absolute Gasteiger partial charge is 0.352 e. The van der Waals surface area contributed by atoms with Crippen molar-refractivity contribution in [3.05, 3.63) is 18.0 Å². The molecule has 5 nitrogen and oxygen atoms in total. The van der Waals surface area contributed by atoms with Crippen LogP contribution in [0.3, 0.4) is 0 Å². The molecular formula is C12H20N4O. The van der Waals surface area contributed by atoms with Crippen LogP contribution >= 0.6 is 0 Å². The maximum Gasteiger partial charge on any atom is 0.234 e. The van der Waals surface area contributed by atoms with E-state index in [2.05, 4.69) is 15.7 Å². The van der Waals surface area contributed by atoms with E-state index in [9.17, 15) is 4.79 Å². The smallest absolute Gasteiger partial charge is 0.234 e. The van der Waals surface area contributed by atoms with Gasteiger partial charge >= 0.3 is 0 Å². The van der Waals surface area contributed by atoms with Gasteiger partial charge in [0, 0.05) is 25.8 Å². The summed E-state index contributed by atoms with van der Waals surface area (Å²) in [5.41, 5.74) is 0.959. The van der Waals surface area contributed by atoms with Gasteiger partial charge in [-0.2, -0.15) is 5.10 Å². The summed E-state index contributed by atoms with van der Waals surface area (Å²) in [6.45, 7) is 1.01. The van der Waals surface area contributed by atoms with Gasteiger partial charge in [-0.15, -0.1) is 0 Å². The first kappa shape index (κ1) is 12.1. The SMILES string of the molecule is Cn1ccc(CNCC(=O)NC2CCCC2)n1. The van der Waals surface area contributed by atoms with E-state index in [0.29, 0.717) is 19.1 Å². The van der Waals surface area contributed by atoms with Crippen LogP contribution in [0.2, 0.25) is 0 Å². The zero-order valence-corrected chi connectivity index (χ0v) is 10.3. The Morgan fingerprint density at radius 1 is 1.53 bits per heavy atom. The average Bonchev–Trinajstić information content (AvgIpc) is 2.90. The fourth-order valence-corrected chi connectivity index (χ4v) is 2.21. The minimum absolute atomic E-state index is 0.0906. The first-order valence-electron chi connectivity index (χ1n) is 6.22. The molecule has 0 aromatic carbocycles. The molecule has 1 aromatic heterocycles. The molecule has 0 unspecified atom stereocenters. The molecule has 0 radical (unpaired) electrons. The maximum atomic E-state index is 11.6. The van der Waals surface area contributed by atoms with E-state index in [-0.39, 0.29) is 5.91 Å². The monoisotopic (exact) mass is 236 g/mol. The van der Waals surface area contributed by atoms with Crippen LogP contribution in [-0.4, -0.2) is 28.3 Å². The molecule has 1 fully saturated rings. The molecule has 17 heavy (non-hydrogen) atoms. The van der Waals surface area contributed by atoms with E-state index in [0.717, 1.165) is 18.5 Å². The number of amides is 1. The lowest BCUT2D eigenvalue weighted by Gasteiger charge is -2.11. The summed E-state index contributed by atoms with van der Waals surface area (Å²) in [6, 6.07) is 2.35.